The van der Waals surface area contributed by atoms with Gasteiger partial charge in [0, 0.05) is 0 Å². The molecule has 0 saturated carbocycles. The first-order chi connectivity index (χ1) is 8.02. The molecule has 0 unspecified atom stereocenters. The highest BCUT2D eigenvalue weighted by Crippen LogP contribution is 2.26. The van der Waals surface area contributed by atoms with E-state index in [9.17, 15) is 13.5 Å². The highest BCUT2D eigenvalue weighted by molar-refractivity contribution is 7.91. The zero-order valence-corrected chi connectivity index (χ0v) is 10.3. The molecule has 1 fully saturated rings. The first kappa shape index (κ1) is 12.2. The Labute approximate surface area is 100 Å². The maximum absolute atomic E-state index is 11.4. The lowest BCUT2D eigenvalue weighted by Gasteiger charge is -2.18. The predicted molar refractivity (Wildman–Crippen MR) is 65.1 cm³/mol. The number of aliphatic hydroxyl groups is 1. The Morgan fingerprint density at radius 3 is 2.65 bits per heavy atom. The van der Waals surface area contributed by atoms with Crippen LogP contribution < -0.4 is 10.1 Å². The summed E-state index contributed by atoms with van der Waals surface area (Å²) >= 11 is 0. The van der Waals surface area contributed by atoms with Gasteiger partial charge in [-0.05, 0) is 12.1 Å². The molecule has 2 rings (SSSR count). The average Bonchev–Trinajstić information content (AvgIpc) is 2.52. The minimum atomic E-state index is -3.14. The molecule has 5 nitrogen and oxygen atoms in total. The number of aliphatic hydroxyl groups excluding tert-OH is 1. The molecule has 1 heterocycles. The molecule has 0 bridgehead atoms. The van der Waals surface area contributed by atoms with Crippen molar-refractivity contribution in [3.63, 3.8) is 0 Å². The van der Waals surface area contributed by atoms with Gasteiger partial charge in [0.05, 0.1) is 36.4 Å². The molecule has 2 atom stereocenters. The van der Waals surface area contributed by atoms with E-state index in [4.69, 9.17) is 4.74 Å². The fourth-order valence-corrected chi connectivity index (χ4v) is 3.67. The molecule has 6 heteroatoms. The van der Waals surface area contributed by atoms with Gasteiger partial charge in [-0.25, -0.2) is 8.42 Å². The van der Waals surface area contributed by atoms with E-state index in [1.165, 1.54) is 0 Å². The third kappa shape index (κ3) is 2.70. The van der Waals surface area contributed by atoms with Crippen molar-refractivity contribution in [2.45, 2.75) is 12.1 Å². The monoisotopic (exact) mass is 257 g/mol. The highest BCUT2D eigenvalue weighted by Gasteiger charge is 2.36. The summed E-state index contributed by atoms with van der Waals surface area (Å²) in [5, 5.41) is 12.7. The van der Waals surface area contributed by atoms with Crippen LogP contribution in [0.25, 0.3) is 0 Å². The molecule has 1 saturated heterocycles. The molecular formula is C11H15NO4S. The number of sulfone groups is 1. The summed E-state index contributed by atoms with van der Waals surface area (Å²) in [4.78, 5) is 0. The molecule has 1 aliphatic rings. The van der Waals surface area contributed by atoms with Crippen molar-refractivity contribution >= 4 is 15.5 Å². The van der Waals surface area contributed by atoms with Crippen LogP contribution in [0.4, 0.5) is 5.69 Å². The number of rotatable bonds is 3. The molecule has 1 aliphatic heterocycles. The molecule has 94 valence electrons. The summed E-state index contributed by atoms with van der Waals surface area (Å²) in [5.41, 5.74) is 0.691. The van der Waals surface area contributed by atoms with E-state index in [2.05, 4.69) is 5.32 Å². The first-order valence-electron chi connectivity index (χ1n) is 5.30. The minimum Gasteiger partial charge on any atom is -0.495 e. The number of benzene rings is 1. The van der Waals surface area contributed by atoms with Crippen LogP contribution >= 0.6 is 0 Å². The zero-order chi connectivity index (χ0) is 12.5. The largest absolute Gasteiger partial charge is 0.495 e. The van der Waals surface area contributed by atoms with Gasteiger partial charge in [0.15, 0.2) is 9.84 Å². The van der Waals surface area contributed by atoms with Crippen LogP contribution in [-0.4, -0.2) is 44.3 Å². The fraction of sp³-hybridized carbons (Fsp3) is 0.455. The molecule has 0 amide bonds. The van der Waals surface area contributed by atoms with Gasteiger partial charge in [0.1, 0.15) is 5.75 Å². The Bertz CT molecular complexity index is 500. The van der Waals surface area contributed by atoms with Gasteiger partial charge in [-0.1, -0.05) is 12.1 Å². The summed E-state index contributed by atoms with van der Waals surface area (Å²) in [6.45, 7) is 0. The number of nitrogens with one attached hydrogen (secondary N) is 1. The van der Waals surface area contributed by atoms with Crippen LogP contribution in [0.3, 0.4) is 0 Å². The van der Waals surface area contributed by atoms with Crippen LogP contribution in [-0.2, 0) is 9.84 Å². The molecule has 0 aliphatic carbocycles. The second-order valence-corrected chi connectivity index (χ2v) is 6.25. The zero-order valence-electron chi connectivity index (χ0n) is 9.46. The smallest absolute Gasteiger partial charge is 0.155 e. The van der Waals surface area contributed by atoms with E-state index < -0.39 is 22.0 Å². The number of hydrogen-bond donors (Lipinski definition) is 2. The highest BCUT2D eigenvalue weighted by atomic mass is 32.2. The molecule has 17 heavy (non-hydrogen) atoms. The standard InChI is InChI=1S/C11H15NO4S/c1-16-11-5-3-2-4-8(11)12-9-6-17(14,15)7-10(9)13/h2-5,9-10,12-13H,6-7H2,1H3/t9-,10+/m1/s1. The van der Waals surface area contributed by atoms with Gasteiger partial charge in [0.2, 0.25) is 0 Å². The second kappa shape index (κ2) is 4.54. The van der Waals surface area contributed by atoms with Gasteiger partial charge in [0.25, 0.3) is 0 Å². The topological polar surface area (TPSA) is 75.6 Å². The van der Waals surface area contributed by atoms with Gasteiger partial charge in [-0.3, -0.25) is 0 Å². The maximum atomic E-state index is 11.4. The number of para-hydroxylation sites is 2. The summed E-state index contributed by atoms with van der Waals surface area (Å²) in [7, 11) is -1.59. The third-order valence-electron chi connectivity index (χ3n) is 2.77. The Morgan fingerprint density at radius 2 is 2.06 bits per heavy atom. The summed E-state index contributed by atoms with van der Waals surface area (Å²) in [6.07, 6.45) is -0.870. The molecule has 1 aromatic carbocycles. The maximum Gasteiger partial charge on any atom is 0.155 e. The average molecular weight is 257 g/mol. The van der Waals surface area contributed by atoms with Crippen LogP contribution in [0.1, 0.15) is 0 Å². The fourth-order valence-electron chi connectivity index (χ4n) is 1.93. The van der Waals surface area contributed by atoms with Crippen molar-refractivity contribution in [1.82, 2.24) is 0 Å². The molecule has 2 N–H and O–H groups in total. The van der Waals surface area contributed by atoms with Crippen molar-refractivity contribution in [3.05, 3.63) is 24.3 Å². The Kier molecular flexibility index (Phi) is 3.26. The number of methoxy groups -OCH3 is 1. The molecule has 1 aromatic rings. The lowest BCUT2D eigenvalue weighted by molar-refractivity contribution is 0.190. The van der Waals surface area contributed by atoms with Crippen LogP contribution in [0.15, 0.2) is 24.3 Å². The van der Waals surface area contributed by atoms with Crippen LogP contribution in [0, 0.1) is 0 Å². The lowest BCUT2D eigenvalue weighted by atomic mass is 10.2. The molecular weight excluding hydrogens is 242 g/mol. The van der Waals surface area contributed by atoms with Crippen molar-refractivity contribution in [2.24, 2.45) is 0 Å². The Balaban J connectivity index is 2.16. The molecule has 0 radical (unpaired) electrons. The lowest BCUT2D eigenvalue weighted by Crippen LogP contribution is -2.31. The normalized spacial score (nSPS) is 26.7. The number of anilines is 1. The molecule has 0 spiro atoms. The molecule has 0 aromatic heterocycles. The quantitative estimate of drug-likeness (QED) is 0.812. The SMILES string of the molecule is COc1ccccc1N[C@@H]1CS(=O)(=O)C[C@@H]1O. The van der Waals surface area contributed by atoms with Gasteiger partial charge < -0.3 is 15.2 Å². The van der Waals surface area contributed by atoms with Crippen LogP contribution in [0.2, 0.25) is 0 Å². The Morgan fingerprint density at radius 1 is 1.35 bits per heavy atom. The van der Waals surface area contributed by atoms with E-state index in [0.717, 1.165) is 0 Å². The van der Waals surface area contributed by atoms with Crippen molar-refractivity contribution in [1.29, 1.82) is 0 Å². The summed E-state index contributed by atoms with van der Waals surface area (Å²) in [5.74, 6) is 0.399. The van der Waals surface area contributed by atoms with Crippen molar-refractivity contribution < 1.29 is 18.3 Å². The first-order valence-corrected chi connectivity index (χ1v) is 7.12. The van der Waals surface area contributed by atoms with E-state index in [1.54, 1.807) is 19.2 Å². The van der Waals surface area contributed by atoms with E-state index >= 15 is 0 Å². The second-order valence-electron chi connectivity index (χ2n) is 4.10. The Hall–Kier alpha value is -1.27. The van der Waals surface area contributed by atoms with E-state index in [0.29, 0.717) is 11.4 Å². The van der Waals surface area contributed by atoms with Crippen LogP contribution in [0.5, 0.6) is 5.75 Å². The number of hydrogen-bond acceptors (Lipinski definition) is 5. The van der Waals surface area contributed by atoms with Gasteiger partial charge in [-0.15, -0.1) is 0 Å². The third-order valence-corrected chi connectivity index (χ3v) is 4.49. The predicted octanol–water partition coefficient (Wildman–Crippen LogP) is 0.265. The van der Waals surface area contributed by atoms with Crippen molar-refractivity contribution in [3.8, 4) is 5.75 Å². The summed E-state index contributed by atoms with van der Waals surface area (Å²) < 4.78 is 27.9. The van der Waals surface area contributed by atoms with Gasteiger partial charge in [-0.2, -0.15) is 0 Å². The van der Waals surface area contributed by atoms with E-state index in [1.807, 2.05) is 12.1 Å². The van der Waals surface area contributed by atoms with Gasteiger partial charge >= 0.3 is 0 Å². The minimum absolute atomic E-state index is 0.0494. The number of ether oxygens (including phenoxy) is 1. The summed E-state index contributed by atoms with van der Waals surface area (Å²) in [6, 6.07) is 6.73. The van der Waals surface area contributed by atoms with E-state index in [-0.39, 0.29) is 11.5 Å². The van der Waals surface area contributed by atoms with Crippen molar-refractivity contribution in [2.75, 3.05) is 23.9 Å².